The number of carbonyl (C=O) groups excluding carboxylic acids is 2. The van der Waals surface area contributed by atoms with Crippen molar-refractivity contribution in [3.05, 3.63) is 174 Å². The number of benzene rings is 5. The zero-order valence-electron chi connectivity index (χ0n) is 28.5. The molecule has 0 aliphatic rings. The number of hydrogen-bond donors (Lipinski definition) is 0. The lowest BCUT2D eigenvalue weighted by Crippen LogP contribution is -2.11. The Bertz CT molecular complexity index is 1800. The van der Waals surface area contributed by atoms with E-state index in [9.17, 15) is 9.59 Å². The largest absolute Gasteiger partial charge is 0.462 e. The molecule has 0 aliphatic heterocycles. The van der Waals surface area contributed by atoms with Gasteiger partial charge in [0.25, 0.3) is 0 Å². The quantitative estimate of drug-likeness (QED) is 0.0481. The third-order valence-electron chi connectivity index (χ3n) is 7.81. The van der Waals surface area contributed by atoms with E-state index in [1.54, 1.807) is 13.8 Å². The number of rotatable bonds is 15. The van der Waals surface area contributed by atoms with Crippen LogP contribution in [0.1, 0.15) is 30.5 Å². The SMILES string of the molecule is C=C(C)C(=O)OCCc1ccc(N(c2ccc(C=NN(c3ccccc3)c3ccccc3)cc2)c2ccc(CCOC(=O)C(=C)C)cc2)cc1. The highest BCUT2D eigenvalue weighted by molar-refractivity contribution is 5.87. The van der Waals surface area contributed by atoms with E-state index < -0.39 is 0 Å². The molecule has 5 aromatic carbocycles. The maximum absolute atomic E-state index is 11.8. The second-order valence-electron chi connectivity index (χ2n) is 11.8. The van der Waals surface area contributed by atoms with Gasteiger partial charge in [-0.25, -0.2) is 14.6 Å². The Balaban J connectivity index is 1.38. The lowest BCUT2D eigenvalue weighted by molar-refractivity contribution is -0.139. The van der Waals surface area contributed by atoms with Crippen LogP contribution in [0.3, 0.4) is 0 Å². The van der Waals surface area contributed by atoms with E-state index in [1.807, 2.05) is 96.2 Å². The van der Waals surface area contributed by atoms with E-state index in [-0.39, 0.29) is 25.2 Å². The third kappa shape index (κ3) is 9.67. The highest BCUT2D eigenvalue weighted by atomic mass is 16.5. The molecule has 7 heteroatoms. The molecule has 0 aromatic heterocycles. The fraction of sp³-hybridized carbons (Fsp3) is 0.140. The smallest absolute Gasteiger partial charge is 0.333 e. The van der Waals surface area contributed by atoms with Crippen LogP contribution in [0.5, 0.6) is 0 Å². The van der Waals surface area contributed by atoms with Gasteiger partial charge in [-0.1, -0.05) is 86.0 Å². The predicted octanol–water partition coefficient (Wildman–Crippen LogP) is 9.65. The Morgan fingerprint density at radius 2 is 0.940 bits per heavy atom. The summed E-state index contributed by atoms with van der Waals surface area (Å²) in [7, 11) is 0. The molecule has 5 rings (SSSR count). The lowest BCUT2D eigenvalue weighted by atomic mass is 10.1. The number of ether oxygens (including phenoxy) is 2. The number of hydrogen-bond acceptors (Lipinski definition) is 7. The Morgan fingerprint density at radius 3 is 1.32 bits per heavy atom. The summed E-state index contributed by atoms with van der Waals surface area (Å²) in [5, 5.41) is 6.78. The summed E-state index contributed by atoms with van der Waals surface area (Å²) >= 11 is 0. The number of esters is 2. The number of hydrazone groups is 1. The maximum atomic E-state index is 11.8. The minimum Gasteiger partial charge on any atom is -0.462 e. The molecule has 0 saturated heterocycles. The monoisotopic (exact) mass is 663 g/mol. The topological polar surface area (TPSA) is 71.4 Å². The first-order valence-electron chi connectivity index (χ1n) is 16.5. The van der Waals surface area contributed by atoms with E-state index in [0.29, 0.717) is 24.0 Å². The van der Waals surface area contributed by atoms with E-state index >= 15 is 0 Å². The van der Waals surface area contributed by atoms with E-state index in [0.717, 1.165) is 45.1 Å². The van der Waals surface area contributed by atoms with Crippen LogP contribution < -0.4 is 9.91 Å². The minimum absolute atomic E-state index is 0.285. The van der Waals surface area contributed by atoms with Crippen molar-refractivity contribution in [3.63, 3.8) is 0 Å². The molecular formula is C43H41N3O4. The van der Waals surface area contributed by atoms with Crippen LogP contribution in [0.15, 0.2) is 163 Å². The summed E-state index contributed by atoms with van der Waals surface area (Å²) in [5.41, 5.74) is 8.66. The fourth-order valence-electron chi connectivity index (χ4n) is 5.09. The van der Waals surface area contributed by atoms with Gasteiger partial charge in [-0.3, -0.25) is 0 Å². The molecule has 0 heterocycles. The minimum atomic E-state index is -0.383. The first-order chi connectivity index (χ1) is 24.3. The van der Waals surface area contributed by atoms with Crippen LogP contribution in [-0.2, 0) is 31.9 Å². The summed E-state index contributed by atoms with van der Waals surface area (Å²) in [4.78, 5) is 25.8. The van der Waals surface area contributed by atoms with Gasteiger partial charge in [0.15, 0.2) is 0 Å². The molecule has 0 spiro atoms. The molecule has 5 aromatic rings. The molecule has 0 aliphatic carbocycles. The molecule has 7 nitrogen and oxygen atoms in total. The second kappa shape index (κ2) is 17.3. The van der Waals surface area contributed by atoms with Gasteiger partial charge in [0.05, 0.1) is 30.8 Å². The fourth-order valence-corrected chi connectivity index (χ4v) is 5.09. The zero-order valence-corrected chi connectivity index (χ0v) is 28.5. The van der Waals surface area contributed by atoms with Crippen molar-refractivity contribution in [2.45, 2.75) is 26.7 Å². The van der Waals surface area contributed by atoms with Crippen LogP contribution in [-0.4, -0.2) is 31.4 Å². The molecular weight excluding hydrogens is 622 g/mol. The maximum Gasteiger partial charge on any atom is 0.333 e. The lowest BCUT2D eigenvalue weighted by Gasteiger charge is -2.26. The standard InChI is InChI=1S/C43H41N3O4/c1-32(2)42(47)49-29-27-34-15-21-37(22-16-34)45(38-23-17-35(18-24-38)28-30-50-43(48)33(3)4)39-25-19-36(20-26-39)31-44-46(40-11-7-5-8-12-40)41-13-9-6-10-14-41/h5-26,31H,1,3,27-30H2,2,4H3. The van der Waals surface area contributed by atoms with Crippen molar-refractivity contribution >= 4 is 46.6 Å². The highest BCUT2D eigenvalue weighted by Gasteiger charge is 2.14. The van der Waals surface area contributed by atoms with Crippen molar-refractivity contribution < 1.29 is 19.1 Å². The number of anilines is 5. The molecule has 252 valence electrons. The second-order valence-corrected chi connectivity index (χ2v) is 11.8. The van der Waals surface area contributed by atoms with Gasteiger partial charge in [0, 0.05) is 41.1 Å². The average Bonchev–Trinajstić information content (AvgIpc) is 3.14. The molecule has 50 heavy (non-hydrogen) atoms. The predicted molar refractivity (Wildman–Crippen MR) is 203 cm³/mol. The van der Waals surface area contributed by atoms with Crippen LogP contribution >= 0.6 is 0 Å². The first kappa shape index (κ1) is 35.1. The summed E-state index contributed by atoms with van der Waals surface area (Å²) in [6.07, 6.45) is 3.06. The van der Waals surface area contributed by atoms with E-state index in [1.165, 1.54) is 0 Å². The van der Waals surface area contributed by atoms with Gasteiger partial charge >= 0.3 is 11.9 Å². The highest BCUT2D eigenvalue weighted by Crippen LogP contribution is 2.35. The van der Waals surface area contributed by atoms with Crippen LogP contribution in [0.2, 0.25) is 0 Å². The van der Waals surface area contributed by atoms with Crippen molar-refractivity contribution in [1.29, 1.82) is 0 Å². The molecule has 0 fully saturated rings. The van der Waals surface area contributed by atoms with Crippen molar-refractivity contribution in [2.75, 3.05) is 23.1 Å². The molecule has 0 N–H and O–H groups in total. The van der Waals surface area contributed by atoms with Crippen molar-refractivity contribution in [1.82, 2.24) is 0 Å². The van der Waals surface area contributed by atoms with Gasteiger partial charge in [0.2, 0.25) is 0 Å². The summed E-state index contributed by atoms with van der Waals surface area (Å²) in [6.45, 7) is 11.1. The van der Waals surface area contributed by atoms with Crippen LogP contribution in [0.4, 0.5) is 28.4 Å². The van der Waals surface area contributed by atoms with Crippen LogP contribution in [0, 0.1) is 0 Å². The Kier molecular flexibility index (Phi) is 12.1. The van der Waals surface area contributed by atoms with Gasteiger partial charge < -0.3 is 14.4 Å². The molecule has 0 amide bonds. The first-order valence-corrected chi connectivity index (χ1v) is 16.5. The van der Waals surface area contributed by atoms with Gasteiger partial charge in [0.1, 0.15) is 0 Å². The molecule has 0 saturated carbocycles. The van der Waals surface area contributed by atoms with Gasteiger partial charge in [-0.2, -0.15) is 5.10 Å². The number of carbonyl (C=O) groups is 2. The molecule has 0 atom stereocenters. The van der Waals surface area contributed by atoms with Crippen molar-refractivity contribution in [3.8, 4) is 0 Å². The Hall–Kier alpha value is -6.21. The Labute approximate surface area is 294 Å². The zero-order chi connectivity index (χ0) is 35.3. The van der Waals surface area contributed by atoms with E-state index in [2.05, 4.69) is 66.6 Å². The third-order valence-corrected chi connectivity index (χ3v) is 7.81. The number of nitrogens with zero attached hydrogens (tertiary/aromatic N) is 3. The van der Waals surface area contributed by atoms with Gasteiger partial charge in [-0.15, -0.1) is 0 Å². The summed E-state index contributed by atoms with van der Waals surface area (Å²) in [6, 6.07) is 44.8. The molecule has 0 radical (unpaired) electrons. The normalized spacial score (nSPS) is 10.8. The van der Waals surface area contributed by atoms with Crippen LogP contribution in [0.25, 0.3) is 0 Å². The van der Waals surface area contributed by atoms with E-state index in [4.69, 9.17) is 14.6 Å². The average molecular weight is 664 g/mol. The summed E-state index contributed by atoms with van der Waals surface area (Å²) < 4.78 is 10.6. The molecule has 0 bridgehead atoms. The van der Waals surface area contributed by atoms with Gasteiger partial charge in [-0.05, 0) is 91.2 Å². The number of para-hydroxylation sites is 2. The summed E-state index contributed by atoms with van der Waals surface area (Å²) in [5.74, 6) is -0.766. The Morgan fingerprint density at radius 1 is 0.560 bits per heavy atom. The van der Waals surface area contributed by atoms with Crippen molar-refractivity contribution in [2.24, 2.45) is 5.10 Å². The molecule has 0 unspecified atom stereocenters.